The third-order valence-electron chi connectivity index (χ3n) is 5.61. The number of methoxy groups -OCH3 is 1. The number of hydrogen-bond acceptors (Lipinski definition) is 6. The van der Waals surface area contributed by atoms with Gasteiger partial charge in [-0.15, -0.1) is 0 Å². The first kappa shape index (κ1) is 25.7. The molecule has 0 spiro atoms. The van der Waals surface area contributed by atoms with E-state index in [1.807, 2.05) is 6.08 Å². The van der Waals surface area contributed by atoms with Gasteiger partial charge in [-0.05, 0) is 43.6 Å². The second-order valence-corrected chi connectivity index (χ2v) is 11.0. The van der Waals surface area contributed by atoms with Gasteiger partial charge in [-0.3, -0.25) is 4.79 Å². The molecular weight excluding hydrogens is 392 g/mol. The van der Waals surface area contributed by atoms with E-state index in [-0.39, 0.29) is 29.3 Å². The van der Waals surface area contributed by atoms with Gasteiger partial charge in [0.1, 0.15) is 0 Å². The topological polar surface area (TPSA) is 101 Å². The minimum absolute atomic E-state index is 0.0153. The molecule has 7 heteroatoms. The van der Waals surface area contributed by atoms with Gasteiger partial charge >= 0.3 is 5.97 Å². The highest BCUT2D eigenvalue weighted by Crippen LogP contribution is 2.36. The van der Waals surface area contributed by atoms with E-state index in [1.165, 1.54) is 7.11 Å². The maximum atomic E-state index is 12.5. The number of aliphatic hydroxyl groups excluding tert-OH is 2. The van der Waals surface area contributed by atoms with Crippen molar-refractivity contribution in [3.63, 3.8) is 0 Å². The third kappa shape index (κ3) is 8.51. The predicted octanol–water partition coefficient (Wildman–Crippen LogP) is 4.10. The van der Waals surface area contributed by atoms with Crippen LogP contribution < -0.4 is 0 Å². The summed E-state index contributed by atoms with van der Waals surface area (Å²) >= 11 is 0. The SMILES string of the molecule is CCCCC(C)(C)C/C=C(/O)[C@@H]1[C@@H](O)CS(=O)(=O)[C@H]1CC=CCCCC(=O)OC. The smallest absolute Gasteiger partial charge is 0.305 e. The molecule has 1 aliphatic heterocycles. The Morgan fingerprint density at radius 2 is 1.93 bits per heavy atom. The molecule has 0 aromatic rings. The summed E-state index contributed by atoms with van der Waals surface area (Å²) in [5.41, 5.74) is 0.0153. The molecule has 0 aromatic carbocycles. The highest BCUT2D eigenvalue weighted by atomic mass is 32.2. The standard InChI is InChI=1S/C22H38O6S/c1-5-6-14-22(2,3)15-13-17(23)21-18(24)16-29(26,27)19(21)11-9-7-8-10-12-20(25)28-4/h7,9,13,18-19,21,23-24H,5-6,8,10-12,14-16H2,1-4H3/b9-7?,17-13+/t18-,19-,21+/m0/s1. The molecule has 1 aliphatic rings. The quantitative estimate of drug-likeness (QED) is 0.209. The molecule has 3 atom stereocenters. The number of unbranched alkanes of at least 4 members (excludes halogenated alkanes) is 2. The van der Waals surface area contributed by atoms with Crippen LogP contribution in [0.2, 0.25) is 0 Å². The Balaban J connectivity index is 2.75. The first-order valence-electron chi connectivity index (χ1n) is 10.5. The van der Waals surface area contributed by atoms with Crippen LogP contribution in [0.5, 0.6) is 0 Å². The summed E-state index contributed by atoms with van der Waals surface area (Å²) < 4.78 is 29.6. The fourth-order valence-corrected chi connectivity index (χ4v) is 5.81. The van der Waals surface area contributed by atoms with Gasteiger partial charge < -0.3 is 14.9 Å². The van der Waals surface area contributed by atoms with E-state index >= 15 is 0 Å². The van der Waals surface area contributed by atoms with Crippen molar-refractivity contribution in [2.75, 3.05) is 12.9 Å². The van der Waals surface area contributed by atoms with Crippen molar-refractivity contribution in [3.8, 4) is 0 Å². The van der Waals surface area contributed by atoms with Gasteiger partial charge in [0.05, 0.1) is 35.9 Å². The van der Waals surface area contributed by atoms with Gasteiger partial charge in [0, 0.05) is 6.42 Å². The second-order valence-electron chi connectivity index (χ2n) is 8.74. The van der Waals surface area contributed by atoms with E-state index < -0.39 is 27.1 Å². The van der Waals surface area contributed by atoms with Crippen LogP contribution in [0, 0.1) is 11.3 Å². The molecule has 0 aliphatic carbocycles. The zero-order chi connectivity index (χ0) is 22.1. The number of allylic oxidation sites excluding steroid dienone is 3. The molecule has 0 bridgehead atoms. The molecule has 1 rings (SSSR count). The normalized spacial score (nSPS) is 24.9. The number of hydrogen-bond donors (Lipinski definition) is 2. The summed E-state index contributed by atoms with van der Waals surface area (Å²) in [6.45, 7) is 6.39. The number of esters is 1. The largest absolute Gasteiger partial charge is 0.512 e. The monoisotopic (exact) mass is 430 g/mol. The van der Waals surface area contributed by atoms with Crippen LogP contribution >= 0.6 is 0 Å². The molecule has 1 heterocycles. The van der Waals surface area contributed by atoms with Crippen molar-refractivity contribution in [2.24, 2.45) is 11.3 Å². The van der Waals surface area contributed by atoms with E-state index in [2.05, 4.69) is 25.5 Å². The lowest BCUT2D eigenvalue weighted by Gasteiger charge is -2.24. The molecule has 0 radical (unpaired) electrons. The average molecular weight is 431 g/mol. The maximum Gasteiger partial charge on any atom is 0.305 e. The molecule has 0 unspecified atom stereocenters. The highest BCUT2D eigenvalue weighted by Gasteiger charge is 2.47. The predicted molar refractivity (Wildman–Crippen MR) is 115 cm³/mol. The summed E-state index contributed by atoms with van der Waals surface area (Å²) in [4.78, 5) is 11.1. The first-order chi connectivity index (χ1) is 13.5. The van der Waals surface area contributed by atoms with Crippen molar-refractivity contribution in [1.29, 1.82) is 0 Å². The lowest BCUT2D eigenvalue weighted by molar-refractivity contribution is -0.140. The summed E-state index contributed by atoms with van der Waals surface area (Å²) in [7, 11) is -2.14. The van der Waals surface area contributed by atoms with Gasteiger partial charge in [0.25, 0.3) is 0 Å². The maximum absolute atomic E-state index is 12.5. The number of carbonyl (C=O) groups is 1. The molecule has 1 saturated heterocycles. The average Bonchev–Trinajstić information content (AvgIpc) is 2.88. The Kier molecular flexibility index (Phi) is 10.4. The molecule has 0 saturated carbocycles. The van der Waals surface area contributed by atoms with Crippen LogP contribution in [-0.2, 0) is 19.4 Å². The summed E-state index contributed by atoms with van der Waals surface area (Å²) in [6, 6.07) is 0. The molecule has 29 heavy (non-hydrogen) atoms. The Bertz CT molecular complexity index is 677. The Labute approximate surface area is 176 Å². The molecular formula is C22H38O6S. The van der Waals surface area contributed by atoms with Gasteiger partial charge in [-0.1, -0.05) is 45.8 Å². The minimum atomic E-state index is -3.48. The van der Waals surface area contributed by atoms with Crippen LogP contribution in [0.25, 0.3) is 0 Å². The van der Waals surface area contributed by atoms with Crippen molar-refractivity contribution in [1.82, 2.24) is 0 Å². The van der Waals surface area contributed by atoms with Crippen LogP contribution in [0.4, 0.5) is 0 Å². The zero-order valence-electron chi connectivity index (χ0n) is 18.3. The molecule has 0 aromatic heterocycles. The van der Waals surface area contributed by atoms with E-state index in [4.69, 9.17) is 0 Å². The number of carbonyl (C=O) groups excluding carboxylic acids is 1. The van der Waals surface area contributed by atoms with E-state index in [1.54, 1.807) is 12.2 Å². The van der Waals surface area contributed by atoms with Crippen LogP contribution in [0.15, 0.2) is 24.0 Å². The van der Waals surface area contributed by atoms with Gasteiger partial charge in [-0.2, -0.15) is 0 Å². The van der Waals surface area contributed by atoms with Crippen LogP contribution in [-0.4, -0.2) is 48.8 Å². The lowest BCUT2D eigenvalue weighted by atomic mass is 9.83. The summed E-state index contributed by atoms with van der Waals surface area (Å²) in [6.07, 6.45) is 9.91. The summed E-state index contributed by atoms with van der Waals surface area (Å²) in [5.74, 6) is -1.40. The van der Waals surface area contributed by atoms with Crippen molar-refractivity contribution in [2.45, 2.75) is 83.5 Å². The molecule has 0 amide bonds. The summed E-state index contributed by atoms with van der Waals surface area (Å²) in [5, 5.41) is 20.1. The van der Waals surface area contributed by atoms with Crippen LogP contribution in [0.3, 0.4) is 0 Å². The fraction of sp³-hybridized carbons (Fsp3) is 0.773. The van der Waals surface area contributed by atoms with Gasteiger partial charge in [0.15, 0.2) is 9.84 Å². The molecule has 6 nitrogen and oxygen atoms in total. The lowest BCUT2D eigenvalue weighted by Crippen LogP contribution is -2.27. The first-order valence-corrected chi connectivity index (χ1v) is 12.3. The number of ether oxygens (including phenoxy) is 1. The van der Waals surface area contributed by atoms with E-state index in [9.17, 15) is 23.4 Å². The van der Waals surface area contributed by atoms with Gasteiger partial charge in [0.2, 0.25) is 0 Å². The number of rotatable bonds is 12. The molecule has 168 valence electrons. The minimum Gasteiger partial charge on any atom is -0.512 e. The van der Waals surface area contributed by atoms with Crippen molar-refractivity contribution >= 4 is 15.8 Å². The number of sulfone groups is 1. The van der Waals surface area contributed by atoms with E-state index in [0.717, 1.165) is 19.3 Å². The van der Waals surface area contributed by atoms with E-state index in [0.29, 0.717) is 25.7 Å². The Hall–Kier alpha value is -1.34. The number of aliphatic hydroxyl groups is 2. The Morgan fingerprint density at radius 1 is 1.24 bits per heavy atom. The Morgan fingerprint density at radius 3 is 2.55 bits per heavy atom. The van der Waals surface area contributed by atoms with Crippen molar-refractivity contribution < 1.29 is 28.2 Å². The second kappa shape index (κ2) is 11.7. The van der Waals surface area contributed by atoms with Gasteiger partial charge in [-0.25, -0.2) is 8.42 Å². The fourth-order valence-electron chi connectivity index (χ4n) is 3.71. The molecule has 2 N–H and O–H groups in total. The third-order valence-corrected chi connectivity index (χ3v) is 7.82. The van der Waals surface area contributed by atoms with Crippen molar-refractivity contribution in [3.05, 3.63) is 24.0 Å². The molecule has 1 fully saturated rings. The highest BCUT2D eigenvalue weighted by molar-refractivity contribution is 7.92. The van der Waals surface area contributed by atoms with Crippen LogP contribution in [0.1, 0.15) is 72.1 Å². The zero-order valence-corrected chi connectivity index (χ0v) is 19.1.